The summed E-state index contributed by atoms with van der Waals surface area (Å²) in [6.45, 7) is 1.55. The highest BCUT2D eigenvalue weighted by atomic mass is 35.5. The first-order valence-electron chi connectivity index (χ1n) is 13.1. The molecule has 7 nitrogen and oxygen atoms in total. The molecule has 0 heterocycles. The SMILES string of the molecule is CNC(=O)[C@H](Cc1ccccc1)N(Cc1ccccc1C)C(=O)CN(c1ccccc1)S(=O)(=O)c1ccc(Cl)cc1. The van der Waals surface area contributed by atoms with Gasteiger partial charge in [-0.1, -0.05) is 84.4 Å². The van der Waals surface area contributed by atoms with Gasteiger partial charge in [-0.3, -0.25) is 13.9 Å². The van der Waals surface area contributed by atoms with Gasteiger partial charge in [0.1, 0.15) is 12.6 Å². The Balaban J connectivity index is 1.78. The van der Waals surface area contributed by atoms with Gasteiger partial charge in [0.05, 0.1) is 10.6 Å². The van der Waals surface area contributed by atoms with Crippen LogP contribution in [0.3, 0.4) is 0 Å². The molecule has 1 atom stereocenters. The van der Waals surface area contributed by atoms with Crippen molar-refractivity contribution in [3.8, 4) is 0 Å². The number of hydrogen-bond donors (Lipinski definition) is 1. The lowest BCUT2D eigenvalue weighted by Crippen LogP contribution is -2.53. The zero-order valence-corrected chi connectivity index (χ0v) is 24.5. The summed E-state index contributed by atoms with van der Waals surface area (Å²) in [5.74, 6) is -0.859. The Morgan fingerprint density at radius 3 is 2.02 bits per heavy atom. The summed E-state index contributed by atoms with van der Waals surface area (Å²) < 4.78 is 28.9. The monoisotopic (exact) mass is 589 g/mol. The summed E-state index contributed by atoms with van der Waals surface area (Å²) in [5, 5.41) is 3.08. The molecule has 0 spiro atoms. The molecular weight excluding hydrogens is 558 g/mol. The van der Waals surface area contributed by atoms with Crippen LogP contribution in [-0.2, 0) is 32.6 Å². The third-order valence-corrected chi connectivity index (χ3v) is 8.88. The van der Waals surface area contributed by atoms with Crippen LogP contribution in [0, 0.1) is 6.92 Å². The number of para-hydroxylation sites is 1. The van der Waals surface area contributed by atoms with Crippen molar-refractivity contribution in [1.82, 2.24) is 10.2 Å². The molecule has 4 aromatic carbocycles. The molecule has 0 bridgehead atoms. The molecule has 0 aliphatic heterocycles. The van der Waals surface area contributed by atoms with Crippen molar-refractivity contribution in [3.05, 3.63) is 131 Å². The van der Waals surface area contributed by atoms with Gasteiger partial charge in [-0.2, -0.15) is 0 Å². The number of anilines is 1. The number of carbonyl (C=O) groups is 2. The summed E-state index contributed by atoms with van der Waals surface area (Å²) in [4.78, 5) is 29.0. The molecule has 0 fully saturated rings. The van der Waals surface area contributed by atoms with Crippen molar-refractivity contribution in [3.63, 3.8) is 0 Å². The zero-order valence-electron chi connectivity index (χ0n) is 22.9. The Morgan fingerprint density at radius 2 is 1.41 bits per heavy atom. The van der Waals surface area contributed by atoms with Crippen molar-refractivity contribution in [2.45, 2.75) is 30.8 Å². The number of carbonyl (C=O) groups excluding carboxylic acids is 2. The molecule has 4 rings (SSSR count). The van der Waals surface area contributed by atoms with Crippen LogP contribution in [0.15, 0.2) is 114 Å². The van der Waals surface area contributed by atoms with E-state index in [1.807, 2.05) is 61.5 Å². The molecule has 0 unspecified atom stereocenters. The van der Waals surface area contributed by atoms with Crippen LogP contribution in [0.4, 0.5) is 5.69 Å². The lowest BCUT2D eigenvalue weighted by Gasteiger charge is -2.34. The first kappa shape index (κ1) is 29.8. The number of rotatable bonds is 11. The smallest absolute Gasteiger partial charge is 0.264 e. The van der Waals surface area contributed by atoms with E-state index in [1.54, 1.807) is 30.3 Å². The maximum atomic E-state index is 14.2. The normalized spacial score (nSPS) is 11.9. The maximum Gasteiger partial charge on any atom is 0.264 e. The molecule has 212 valence electrons. The number of amides is 2. The Labute approximate surface area is 246 Å². The van der Waals surface area contributed by atoms with E-state index in [0.29, 0.717) is 10.7 Å². The zero-order chi connectivity index (χ0) is 29.4. The van der Waals surface area contributed by atoms with Gasteiger partial charge in [0.2, 0.25) is 11.8 Å². The minimum atomic E-state index is -4.16. The van der Waals surface area contributed by atoms with Crippen molar-refractivity contribution in [2.75, 3.05) is 17.9 Å². The summed E-state index contributed by atoms with van der Waals surface area (Å²) in [6, 6.07) is 30.4. The number of sulfonamides is 1. The van der Waals surface area contributed by atoms with Gasteiger partial charge in [0, 0.05) is 25.0 Å². The van der Waals surface area contributed by atoms with Gasteiger partial charge in [-0.05, 0) is 60.0 Å². The second-order valence-corrected chi connectivity index (χ2v) is 11.9. The lowest BCUT2D eigenvalue weighted by atomic mass is 10.0. The summed E-state index contributed by atoms with van der Waals surface area (Å²) in [7, 11) is -2.64. The minimum absolute atomic E-state index is 0.00357. The number of likely N-dealkylation sites (N-methyl/N-ethyl adjacent to an activating group) is 1. The van der Waals surface area contributed by atoms with Crippen LogP contribution in [0.25, 0.3) is 0 Å². The second kappa shape index (κ2) is 13.5. The van der Waals surface area contributed by atoms with Crippen molar-refractivity contribution < 1.29 is 18.0 Å². The predicted molar refractivity (Wildman–Crippen MR) is 162 cm³/mol. The molecule has 4 aromatic rings. The van der Waals surface area contributed by atoms with Gasteiger partial charge in [0.15, 0.2) is 0 Å². The van der Waals surface area contributed by atoms with Crippen LogP contribution in [0.5, 0.6) is 0 Å². The minimum Gasteiger partial charge on any atom is -0.357 e. The fraction of sp³-hybridized carbons (Fsp3) is 0.188. The molecule has 0 radical (unpaired) electrons. The molecule has 0 aliphatic rings. The van der Waals surface area contributed by atoms with Crippen LogP contribution >= 0.6 is 11.6 Å². The van der Waals surface area contributed by atoms with Gasteiger partial charge >= 0.3 is 0 Å². The van der Waals surface area contributed by atoms with E-state index in [1.165, 1.54) is 36.2 Å². The number of halogens is 1. The number of benzene rings is 4. The van der Waals surface area contributed by atoms with Gasteiger partial charge in [-0.15, -0.1) is 0 Å². The molecule has 0 saturated heterocycles. The number of aryl methyl sites for hydroxylation is 1. The van der Waals surface area contributed by atoms with E-state index >= 15 is 0 Å². The van der Waals surface area contributed by atoms with E-state index in [4.69, 9.17) is 11.6 Å². The van der Waals surface area contributed by atoms with Gasteiger partial charge < -0.3 is 10.2 Å². The second-order valence-electron chi connectivity index (χ2n) is 9.57. The summed E-state index contributed by atoms with van der Waals surface area (Å²) in [5.41, 5.74) is 3.01. The quantitative estimate of drug-likeness (QED) is 0.260. The molecule has 2 amide bonds. The fourth-order valence-corrected chi connectivity index (χ4v) is 6.09. The lowest BCUT2D eigenvalue weighted by molar-refractivity contribution is -0.139. The average molecular weight is 590 g/mol. The van der Waals surface area contributed by atoms with Crippen molar-refractivity contribution in [2.24, 2.45) is 0 Å². The average Bonchev–Trinajstić information content (AvgIpc) is 2.99. The van der Waals surface area contributed by atoms with E-state index in [2.05, 4.69) is 5.32 Å². The Hall–Kier alpha value is -4.14. The molecule has 1 N–H and O–H groups in total. The molecule has 0 saturated carbocycles. The Kier molecular flexibility index (Phi) is 9.81. The summed E-state index contributed by atoms with van der Waals surface area (Å²) in [6.07, 6.45) is 0.257. The van der Waals surface area contributed by atoms with Crippen LogP contribution in [0.2, 0.25) is 5.02 Å². The Bertz CT molecular complexity index is 1580. The topological polar surface area (TPSA) is 86.8 Å². The molecule has 9 heteroatoms. The van der Waals surface area contributed by atoms with E-state index in [9.17, 15) is 18.0 Å². The first-order chi connectivity index (χ1) is 19.7. The number of nitrogens with one attached hydrogen (secondary N) is 1. The molecular formula is C32H32ClN3O4S. The highest BCUT2D eigenvalue weighted by Gasteiger charge is 2.34. The largest absolute Gasteiger partial charge is 0.357 e. The highest BCUT2D eigenvalue weighted by molar-refractivity contribution is 7.92. The van der Waals surface area contributed by atoms with Crippen LogP contribution < -0.4 is 9.62 Å². The van der Waals surface area contributed by atoms with Crippen LogP contribution in [0.1, 0.15) is 16.7 Å². The Morgan fingerprint density at radius 1 is 0.829 bits per heavy atom. The third kappa shape index (κ3) is 7.34. The van der Waals surface area contributed by atoms with E-state index in [-0.39, 0.29) is 23.8 Å². The maximum absolute atomic E-state index is 14.2. The van der Waals surface area contributed by atoms with E-state index in [0.717, 1.165) is 21.0 Å². The molecule has 41 heavy (non-hydrogen) atoms. The summed E-state index contributed by atoms with van der Waals surface area (Å²) >= 11 is 6.01. The highest BCUT2D eigenvalue weighted by Crippen LogP contribution is 2.26. The third-order valence-electron chi connectivity index (χ3n) is 6.84. The number of hydrogen-bond acceptors (Lipinski definition) is 4. The fourth-order valence-electron chi connectivity index (χ4n) is 4.55. The molecule has 0 aliphatic carbocycles. The van der Waals surface area contributed by atoms with Gasteiger partial charge in [0.25, 0.3) is 10.0 Å². The molecule has 0 aromatic heterocycles. The number of nitrogens with zero attached hydrogens (tertiary/aromatic N) is 2. The van der Waals surface area contributed by atoms with E-state index < -0.39 is 28.5 Å². The van der Waals surface area contributed by atoms with Crippen LogP contribution in [-0.4, -0.2) is 44.8 Å². The van der Waals surface area contributed by atoms with Crippen molar-refractivity contribution >= 4 is 39.1 Å². The first-order valence-corrected chi connectivity index (χ1v) is 15.0. The predicted octanol–water partition coefficient (Wildman–Crippen LogP) is 5.23. The van der Waals surface area contributed by atoms with Gasteiger partial charge in [-0.25, -0.2) is 8.42 Å². The van der Waals surface area contributed by atoms with Crippen molar-refractivity contribution in [1.29, 1.82) is 0 Å². The standard InChI is InChI=1S/C32H32ClN3O4S/c1-24-11-9-10-14-26(24)22-35(30(32(38)34-2)21-25-12-5-3-6-13-25)31(37)23-36(28-15-7-4-8-16-28)41(39,40)29-19-17-27(33)18-20-29/h3-20,30H,21-23H2,1-2H3,(H,34,38)/t30-/m0/s1.